The largest absolute Gasteiger partial charge is 0.264 e. The second-order valence-electron chi connectivity index (χ2n) is 3.98. The van der Waals surface area contributed by atoms with Crippen LogP contribution in [0.5, 0.6) is 0 Å². The third-order valence-corrected chi connectivity index (χ3v) is 2.70. The van der Waals surface area contributed by atoms with Crippen molar-refractivity contribution < 1.29 is 0 Å². The first-order valence-corrected chi connectivity index (χ1v) is 5.81. The van der Waals surface area contributed by atoms with Crippen LogP contribution < -0.4 is 0 Å². The molecule has 2 aromatic rings. The van der Waals surface area contributed by atoms with E-state index in [4.69, 9.17) is 0 Å². The third-order valence-electron chi connectivity index (χ3n) is 2.70. The van der Waals surface area contributed by atoms with E-state index in [0.29, 0.717) is 0 Å². The first kappa shape index (κ1) is 11.5. The first-order valence-electron chi connectivity index (χ1n) is 5.81. The molecule has 0 N–H and O–H groups in total. The fourth-order valence-corrected chi connectivity index (χ4v) is 1.77. The van der Waals surface area contributed by atoms with Crippen molar-refractivity contribution >= 4 is 0 Å². The molecule has 0 saturated heterocycles. The van der Waals surface area contributed by atoms with Gasteiger partial charge in [0.2, 0.25) is 0 Å². The average Bonchev–Trinajstić information content (AvgIpc) is 2.40. The Bertz CT molecular complexity index is 431. The van der Waals surface area contributed by atoms with Gasteiger partial charge in [-0.15, -0.1) is 0 Å². The SMILES string of the molecule is C/C=C(\Cc1cccnc1)Cc1ccccn1. The second-order valence-corrected chi connectivity index (χ2v) is 3.98. The fourth-order valence-electron chi connectivity index (χ4n) is 1.77. The van der Waals surface area contributed by atoms with Crippen LogP contribution in [0.2, 0.25) is 0 Å². The van der Waals surface area contributed by atoms with Crippen LogP contribution in [-0.4, -0.2) is 9.97 Å². The van der Waals surface area contributed by atoms with Crippen LogP contribution in [0, 0.1) is 0 Å². The molecule has 0 fully saturated rings. The lowest BCUT2D eigenvalue weighted by atomic mass is 10.0. The van der Waals surface area contributed by atoms with Gasteiger partial charge in [-0.1, -0.05) is 23.8 Å². The van der Waals surface area contributed by atoms with Gasteiger partial charge in [-0.25, -0.2) is 0 Å². The summed E-state index contributed by atoms with van der Waals surface area (Å²) in [5.74, 6) is 0. The van der Waals surface area contributed by atoms with E-state index in [9.17, 15) is 0 Å². The number of hydrogen-bond donors (Lipinski definition) is 0. The van der Waals surface area contributed by atoms with Gasteiger partial charge in [-0.2, -0.15) is 0 Å². The smallest absolute Gasteiger partial charge is 0.0444 e. The predicted molar refractivity (Wildman–Crippen MR) is 69.6 cm³/mol. The summed E-state index contributed by atoms with van der Waals surface area (Å²) in [6.07, 6.45) is 9.58. The molecule has 2 heteroatoms. The maximum Gasteiger partial charge on any atom is 0.0444 e. The summed E-state index contributed by atoms with van der Waals surface area (Å²) < 4.78 is 0. The first-order chi connectivity index (χ1) is 8.38. The highest BCUT2D eigenvalue weighted by Crippen LogP contribution is 2.11. The molecule has 0 aromatic carbocycles. The highest BCUT2D eigenvalue weighted by Gasteiger charge is 2.01. The van der Waals surface area contributed by atoms with Gasteiger partial charge >= 0.3 is 0 Å². The predicted octanol–water partition coefficient (Wildman–Crippen LogP) is 3.21. The molecule has 0 atom stereocenters. The Kier molecular flexibility index (Phi) is 4.03. The monoisotopic (exact) mass is 224 g/mol. The average molecular weight is 224 g/mol. The fraction of sp³-hybridized carbons (Fsp3) is 0.200. The molecule has 0 unspecified atom stereocenters. The summed E-state index contributed by atoms with van der Waals surface area (Å²) in [5, 5.41) is 0. The van der Waals surface area contributed by atoms with Crippen LogP contribution in [0.15, 0.2) is 60.6 Å². The van der Waals surface area contributed by atoms with E-state index < -0.39 is 0 Å². The maximum absolute atomic E-state index is 4.35. The molecule has 0 aliphatic rings. The number of pyridine rings is 2. The van der Waals surface area contributed by atoms with E-state index in [0.717, 1.165) is 18.5 Å². The molecular formula is C15H16N2. The molecule has 0 spiro atoms. The summed E-state index contributed by atoms with van der Waals surface area (Å²) in [5.41, 5.74) is 3.73. The summed E-state index contributed by atoms with van der Waals surface area (Å²) in [7, 11) is 0. The van der Waals surface area contributed by atoms with E-state index in [-0.39, 0.29) is 0 Å². The normalized spacial score (nSPS) is 11.5. The Morgan fingerprint density at radius 3 is 2.71 bits per heavy atom. The molecule has 86 valence electrons. The Morgan fingerprint density at radius 2 is 2.06 bits per heavy atom. The lowest BCUT2D eigenvalue weighted by Gasteiger charge is -2.06. The molecule has 2 nitrogen and oxygen atoms in total. The van der Waals surface area contributed by atoms with E-state index in [1.54, 1.807) is 6.20 Å². The molecule has 0 aliphatic carbocycles. The quantitative estimate of drug-likeness (QED) is 0.745. The molecule has 2 aromatic heterocycles. The minimum Gasteiger partial charge on any atom is -0.264 e. The van der Waals surface area contributed by atoms with Crippen molar-refractivity contribution in [2.75, 3.05) is 0 Å². The van der Waals surface area contributed by atoms with Gasteiger partial charge in [0.05, 0.1) is 0 Å². The van der Waals surface area contributed by atoms with Crippen molar-refractivity contribution in [1.29, 1.82) is 0 Å². The van der Waals surface area contributed by atoms with E-state index >= 15 is 0 Å². The lowest BCUT2D eigenvalue weighted by Crippen LogP contribution is -1.97. The Morgan fingerprint density at radius 1 is 1.12 bits per heavy atom. The van der Waals surface area contributed by atoms with Crippen molar-refractivity contribution in [1.82, 2.24) is 9.97 Å². The van der Waals surface area contributed by atoms with Crippen molar-refractivity contribution in [3.8, 4) is 0 Å². The molecule has 0 radical (unpaired) electrons. The molecule has 0 amide bonds. The zero-order valence-electron chi connectivity index (χ0n) is 10.0. The van der Waals surface area contributed by atoms with E-state index in [1.807, 2.05) is 30.6 Å². The van der Waals surface area contributed by atoms with E-state index in [1.165, 1.54) is 11.1 Å². The van der Waals surface area contributed by atoms with E-state index in [2.05, 4.69) is 35.1 Å². The zero-order chi connectivity index (χ0) is 11.9. The number of aromatic nitrogens is 2. The lowest BCUT2D eigenvalue weighted by molar-refractivity contribution is 0.975. The number of allylic oxidation sites excluding steroid dienone is 2. The van der Waals surface area contributed by atoms with Crippen molar-refractivity contribution in [3.63, 3.8) is 0 Å². The molecule has 2 rings (SSSR count). The summed E-state index contributed by atoms with van der Waals surface area (Å²) >= 11 is 0. The maximum atomic E-state index is 4.35. The number of hydrogen-bond acceptors (Lipinski definition) is 2. The molecular weight excluding hydrogens is 208 g/mol. The van der Waals surface area contributed by atoms with Gasteiger partial charge < -0.3 is 0 Å². The number of rotatable bonds is 4. The highest BCUT2D eigenvalue weighted by atomic mass is 14.7. The van der Waals surface area contributed by atoms with Crippen molar-refractivity contribution in [2.45, 2.75) is 19.8 Å². The van der Waals surface area contributed by atoms with Gasteiger partial charge in [0, 0.05) is 30.7 Å². The van der Waals surface area contributed by atoms with Gasteiger partial charge in [-0.05, 0) is 37.1 Å². The Balaban J connectivity index is 2.04. The topological polar surface area (TPSA) is 25.8 Å². The molecule has 0 aliphatic heterocycles. The Labute approximate surface area is 102 Å². The van der Waals surface area contributed by atoms with Crippen molar-refractivity contribution in [2.24, 2.45) is 0 Å². The summed E-state index contributed by atoms with van der Waals surface area (Å²) in [4.78, 5) is 8.49. The van der Waals surface area contributed by atoms with Crippen LogP contribution in [0.3, 0.4) is 0 Å². The highest BCUT2D eigenvalue weighted by molar-refractivity contribution is 5.22. The number of nitrogens with zero attached hydrogens (tertiary/aromatic N) is 2. The zero-order valence-corrected chi connectivity index (χ0v) is 10.0. The van der Waals surface area contributed by atoms with Gasteiger partial charge in [0.15, 0.2) is 0 Å². The molecule has 2 heterocycles. The van der Waals surface area contributed by atoms with Crippen LogP contribution in [0.25, 0.3) is 0 Å². The summed E-state index contributed by atoms with van der Waals surface area (Å²) in [6, 6.07) is 10.1. The minimum absolute atomic E-state index is 0.909. The standard InChI is InChI=1S/C15H16N2/c1-2-13(10-14-6-5-8-16-12-14)11-15-7-3-4-9-17-15/h2-9,12H,10-11H2,1H3/b13-2+. The van der Waals surface area contributed by atoms with Crippen LogP contribution in [0.1, 0.15) is 18.2 Å². The van der Waals surface area contributed by atoms with Crippen LogP contribution >= 0.6 is 0 Å². The minimum atomic E-state index is 0.909. The van der Waals surface area contributed by atoms with Gasteiger partial charge in [0.1, 0.15) is 0 Å². The second kappa shape index (κ2) is 5.94. The summed E-state index contributed by atoms with van der Waals surface area (Å²) in [6.45, 7) is 2.08. The van der Waals surface area contributed by atoms with Crippen LogP contribution in [-0.2, 0) is 12.8 Å². The molecule has 17 heavy (non-hydrogen) atoms. The van der Waals surface area contributed by atoms with Crippen molar-refractivity contribution in [3.05, 3.63) is 71.8 Å². The van der Waals surface area contributed by atoms with Gasteiger partial charge in [-0.3, -0.25) is 9.97 Å². The third kappa shape index (κ3) is 3.52. The molecule has 0 bridgehead atoms. The molecule has 0 saturated carbocycles. The Hall–Kier alpha value is -1.96. The van der Waals surface area contributed by atoms with Crippen LogP contribution in [0.4, 0.5) is 0 Å². The van der Waals surface area contributed by atoms with Gasteiger partial charge in [0.25, 0.3) is 0 Å².